The average Bonchev–Trinajstić information content (AvgIpc) is 2.03. The maximum Gasteiger partial charge on any atom is 0.0136 e. The van der Waals surface area contributed by atoms with E-state index in [2.05, 4.69) is 44.9 Å². The van der Waals surface area contributed by atoms with Crippen molar-refractivity contribution in [3.8, 4) is 0 Å². The van der Waals surface area contributed by atoms with E-state index in [1.165, 1.54) is 25.9 Å². The van der Waals surface area contributed by atoms with Crippen LogP contribution < -0.4 is 0 Å². The van der Waals surface area contributed by atoms with Gasteiger partial charge in [-0.05, 0) is 24.2 Å². The SMILES string of the molecule is CN(C)N1CCC(C(C)(C)C)CC1. The van der Waals surface area contributed by atoms with Crippen LogP contribution in [-0.4, -0.2) is 37.2 Å². The molecule has 1 rings (SSSR count). The summed E-state index contributed by atoms with van der Waals surface area (Å²) in [7, 11) is 4.27. The second kappa shape index (κ2) is 3.97. The summed E-state index contributed by atoms with van der Waals surface area (Å²) in [6.45, 7) is 9.55. The molecular weight excluding hydrogens is 160 g/mol. The van der Waals surface area contributed by atoms with E-state index in [0.29, 0.717) is 5.41 Å². The Morgan fingerprint density at radius 3 is 1.85 bits per heavy atom. The molecule has 78 valence electrons. The zero-order valence-corrected chi connectivity index (χ0v) is 9.80. The van der Waals surface area contributed by atoms with Gasteiger partial charge in [0.25, 0.3) is 0 Å². The minimum atomic E-state index is 0.498. The molecule has 0 aromatic rings. The lowest BCUT2D eigenvalue weighted by Crippen LogP contribution is -2.44. The fourth-order valence-electron chi connectivity index (χ4n) is 2.13. The minimum Gasteiger partial charge on any atom is -0.248 e. The maximum absolute atomic E-state index is 2.43. The van der Waals surface area contributed by atoms with Gasteiger partial charge in [-0.2, -0.15) is 0 Å². The number of rotatable bonds is 1. The summed E-state index contributed by atoms with van der Waals surface area (Å²) in [6, 6.07) is 0. The lowest BCUT2D eigenvalue weighted by atomic mass is 9.75. The lowest BCUT2D eigenvalue weighted by Gasteiger charge is -2.40. The summed E-state index contributed by atoms with van der Waals surface area (Å²) in [5.41, 5.74) is 0.498. The third-order valence-corrected chi connectivity index (χ3v) is 3.26. The van der Waals surface area contributed by atoms with E-state index in [-0.39, 0.29) is 0 Å². The van der Waals surface area contributed by atoms with Crippen LogP contribution in [0.2, 0.25) is 0 Å². The highest BCUT2D eigenvalue weighted by molar-refractivity contribution is 4.79. The van der Waals surface area contributed by atoms with Gasteiger partial charge in [0, 0.05) is 27.2 Å². The highest BCUT2D eigenvalue weighted by atomic mass is 15.6. The fourth-order valence-corrected chi connectivity index (χ4v) is 2.13. The summed E-state index contributed by atoms with van der Waals surface area (Å²) in [4.78, 5) is 0. The Hall–Kier alpha value is -0.0800. The van der Waals surface area contributed by atoms with E-state index in [1.807, 2.05) is 0 Å². The number of hydrazine groups is 1. The summed E-state index contributed by atoms with van der Waals surface area (Å²) in [5.74, 6) is 0.906. The van der Waals surface area contributed by atoms with Gasteiger partial charge in [-0.1, -0.05) is 20.8 Å². The Kier molecular flexibility index (Phi) is 3.36. The van der Waals surface area contributed by atoms with Crippen LogP contribution in [0.4, 0.5) is 0 Å². The standard InChI is InChI=1S/C11H24N2/c1-11(2,3)10-6-8-13(9-7-10)12(4)5/h10H,6-9H2,1-5H3. The van der Waals surface area contributed by atoms with Crippen LogP contribution in [0.1, 0.15) is 33.6 Å². The van der Waals surface area contributed by atoms with Gasteiger partial charge < -0.3 is 0 Å². The van der Waals surface area contributed by atoms with Crippen molar-refractivity contribution < 1.29 is 0 Å². The molecule has 0 aromatic carbocycles. The number of nitrogens with zero attached hydrogens (tertiary/aromatic N) is 2. The molecule has 1 aliphatic rings. The molecule has 2 heteroatoms. The number of hydrogen-bond donors (Lipinski definition) is 0. The van der Waals surface area contributed by atoms with E-state index >= 15 is 0 Å². The van der Waals surface area contributed by atoms with Gasteiger partial charge in [-0.15, -0.1) is 0 Å². The van der Waals surface area contributed by atoms with Crippen LogP contribution in [-0.2, 0) is 0 Å². The molecule has 0 spiro atoms. The molecule has 0 saturated carbocycles. The van der Waals surface area contributed by atoms with Crippen LogP contribution in [0.3, 0.4) is 0 Å². The van der Waals surface area contributed by atoms with Crippen LogP contribution in [0.25, 0.3) is 0 Å². The topological polar surface area (TPSA) is 6.48 Å². The predicted octanol–water partition coefficient (Wildman–Crippen LogP) is 2.22. The lowest BCUT2D eigenvalue weighted by molar-refractivity contribution is -0.0228. The first-order valence-electron chi connectivity index (χ1n) is 5.33. The van der Waals surface area contributed by atoms with E-state index in [9.17, 15) is 0 Å². The van der Waals surface area contributed by atoms with Crippen molar-refractivity contribution in [2.45, 2.75) is 33.6 Å². The average molecular weight is 184 g/mol. The summed E-state index contributed by atoms with van der Waals surface area (Å²) in [5, 5.41) is 4.65. The summed E-state index contributed by atoms with van der Waals surface area (Å²) >= 11 is 0. The Morgan fingerprint density at radius 2 is 1.54 bits per heavy atom. The van der Waals surface area contributed by atoms with E-state index in [0.717, 1.165) is 5.92 Å². The summed E-state index contributed by atoms with van der Waals surface area (Å²) in [6.07, 6.45) is 2.70. The van der Waals surface area contributed by atoms with Crippen LogP contribution in [0, 0.1) is 11.3 Å². The maximum atomic E-state index is 2.43. The van der Waals surface area contributed by atoms with Crippen molar-refractivity contribution in [1.82, 2.24) is 10.0 Å². The van der Waals surface area contributed by atoms with E-state index in [4.69, 9.17) is 0 Å². The molecule has 0 bridgehead atoms. The number of piperidine rings is 1. The number of hydrogen-bond acceptors (Lipinski definition) is 2. The van der Waals surface area contributed by atoms with Crippen molar-refractivity contribution in [3.63, 3.8) is 0 Å². The molecule has 1 saturated heterocycles. The largest absolute Gasteiger partial charge is 0.248 e. The second-order valence-electron chi connectivity index (χ2n) is 5.44. The molecule has 0 atom stereocenters. The third-order valence-electron chi connectivity index (χ3n) is 3.26. The predicted molar refractivity (Wildman–Crippen MR) is 57.4 cm³/mol. The van der Waals surface area contributed by atoms with Gasteiger partial charge in [0.05, 0.1) is 0 Å². The van der Waals surface area contributed by atoms with E-state index < -0.39 is 0 Å². The van der Waals surface area contributed by atoms with Crippen molar-refractivity contribution in [1.29, 1.82) is 0 Å². The molecule has 1 heterocycles. The van der Waals surface area contributed by atoms with Crippen molar-refractivity contribution in [2.24, 2.45) is 11.3 Å². The molecule has 0 N–H and O–H groups in total. The Balaban J connectivity index is 2.39. The van der Waals surface area contributed by atoms with Gasteiger partial charge in [0.2, 0.25) is 0 Å². The Bertz CT molecular complexity index is 150. The van der Waals surface area contributed by atoms with Crippen molar-refractivity contribution in [3.05, 3.63) is 0 Å². The molecule has 0 amide bonds. The highest BCUT2D eigenvalue weighted by Gasteiger charge is 2.28. The highest BCUT2D eigenvalue weighted by Crippen LogP contribution is 2.34. The first-order chi connectivity index (χ1) is 5.91. The second-order valence-corrected chi connectivity index (χ2v) is 5.44. The summed E-state index contributed by atoms with van der Waals surface area (Å²) < 4.78 is 0. The zero-order chi connectivity index (χ0) is 10.1. The normalized spacial score (nSPS) is 22.6. The third kappa shape index (κ3) is 2.96. The smallest absolute Gasteiger partial charge is 0.0136 e. The van der Waals surface area contributed by atoms with Crippen LogP contribution in [0.15, 0.2) is 0 Å². The molecule has 13 heavy (non-hydrogen) atoms. The Labute approximate surface area is 82.9 Å². The van der Waals surface area contributed by atoms with Gasteiger partial charge in [-0.25, -0.2) is 10.0 Å². The molecule has 1 fully saturated rings. The zero-order valence-electron chi connectivity index (χ0n) is 9.80. The van der Waals surface area contributed by atoms with Gasteiger partial charge in [0.15, 0.2) is 0 Å². The molecule has 1 aliphatic heterocycles. The first-order valence-corrected chi connectivity index (χ1v) is 5.33. The Morgan fingerprint density at radius 1 is 1.08 bits per heavy atom. The quantitative estimate of drug-likeness (QED) is 0.616. The first kappa shape index (κ1) is 11.0. The molecule has 0 unspecified atom stereocenters. The van der Waals surface area contributed by atoms with Crippen molar-refractivity contribution >= 4 is 0 Å². The van der Waals surface area contributed by atoms with Crippen LogP contribution >= 0.6 is 0 Å². The molecular formula is C11H24N2. The monoisotopic (exact) mass is 184 g/mol. The van der Waals surface area contributed by atoms with Gasteiger partial charge in [0.1, 0.15) is 0 Å². The molecule has 2 nitrogen and oxygen atoms in total. The van der Waals surface area contributed by atoms with Gasteiger partial charge in [-0.3, -0.25) is 0 Å². The molecule has 0 aromatic heterocycles. The molecule has 0 aliphatic carbocycles. The van der Waals surface area contributed by atoms with Crippen molar-refractivity contribution in [2.75, 3.05) is 27.2 Å². The fraction of sp³-hybridized carbons (Fsp3) is 1.00. The molecule has 0 radical (unpaired) electrons. The van der Waals surface area contributed by atoms with Gasteiger partial charge >= 0.3 is 0 Å². The van der Waals surface area contributed by atoms with Crippen LogP contribution in [0.5, 0.6) is 0 Å². The minimum absolute atomic E-state index is 0.498. The van der Waals surface area contributed by atoms with E-state index in [1.54, 1.807) is 0 Å².